The van der Waals surface area contributed by atoms with E-state index in [9.17, 15) is 4.79 Å². The lowest BCUT2D eigenvalue weighted by atomic mass is 10.1. The number of hydrogen-bond donors (Lipinski definition) is 2. The topological polar surface area (TPSA) is 55.1 Å². The van der Waals surface area contributed by atoms with Crippen molar-refractivity contribution in [2.24, 2.45) is 5.73 Å². The lowest BCUT2D eigenvalue weighted by Gasteiger charge is -2.23. The SMILES string of the molecule is Cc1ccsc1C(=O)NC(C)(C)CN. The third kappa shape index (κ3) is 2.56. The molecule has 3 nitrogen and oxygen atoms in total. The summed E-state index contributed by atoms with van der Waals surface area (Å²) >= 11 is 1.46. The van der Waals surface area contributed by atoms with Gasteiger partial charge < -0.3 is 11.1 Å². The Morgan fingerprint density at radius 2 is 2.29 bits per heavy atom. The van der Waals surface area contributed by atoms with Crippen molar-refractivity contribution in [2.75, 3.05) is 6.54 Å². The van der Waals surface area contributed by atoms with E-state index in [1.165, 1.54) is 11.3 Å². The van der Waals surface area contributed by atoms with Crippen molar-refractivity contribution >= 4 is 17.2 Å². The Labute approximate surface area is 88.3 Å². The zero-order chi connectivity index (χ0) is 10.8. The van der Waals surface area contributed by atoms with Crippen LogP contribution in [0.1, 0.15) is 29.1 Å². The molecule has 0 saturated heterocycles. The number of nitrogens with two attached hydrogens (primary N) is 1. The van der Waals surface area contributed by atoms with Crippen LogP contribution in [-0.4, -0.2) is 18.0 Å². The Morgan fingerprint density at radius 1 is 1.64 bits per heavy atom. The first-order chi connectivity index (χ1) is 6.46. The summed E-state index contributed by atoms with van der Waals surface area (Å²) in [7, 11) is 0. The van der Waals surface area contributed by atoms with E-state index < -0.39 is 0 Å². The van der Waals surface area contributed by atoms with E-state index in [2.05, 4.69) is 5.32 Å². The molecule has 0 aliphatic heterocycles. The van der Waals surface area contributed by atoms with E-state index in [1.54, 1.807) is 0 Å². The molecule has 14 heavy (non-hydrogen) atoms. The molecule has 0 unspecified atom stereocenters. The summed E-state index contributed by atoms with van der Waals surface area (Å²) in [5.74, 6) is -0.0343. The summed E-state index contributed by atoms with van der Waals surface area (Å²) in [6, 6.07) is 1.94. The van der Waals surface area contributed by atoms with Crippen LogP contribution in [0.15, 0.2) is 11.4 Å². The second-order valence-corrected chi connectivity index (χ2v) is 4.89. The van der Waals surface area contributed by atoms with E-state index in [-0.39, 0.29) is 11.4 Å². The molecule has 0 fully saturated rings. The molecule has 0 saturated carbocycles. The fourth-order valence-electron chi connectivity index (χ4n) is 1.02. The molecule has 0 atom stereocenters. The van der Waals surface area contributed by atoms with Gasteiger partial charge in [0.1, 0.15) is 0 Å². The largest absolute Gasteiger partial charge is 0.345 e. The number of rotatable bonds is 3. The molecule has 78 valence electrons. The Balaban J connectivity index is 2.73. The number of carbonyl (C=O) groups excluding carboxylic acids is 1. The molecule has 1 rings (SSSR count). The summed E-state index contributed by atoms with van der Waals surface area (Å²) in [6.45, 7) is 6.19. The fourth-order valence-corrected chi connectivity index (χ4v) is 1.84. The number of amides is 1. The highest BCUT2D eigenvalue weighted by Gasteiger charge is 2.20. The highest BCUT2D eigenvalue weighted by molar-refractivity contribution is 7.12. The average Bonchev–Trinajstić information content (AvgIpc) is 2.51. The molecule has 1 aromatic rings. The van der Waals surface area contributed by atoms with Gasteiger partial charge in [0.2, 0.25) is 0 Å². The maximum absolute atomic E-state index is 11.7. The smallest absolute Gasteiger partial charge is 0.262 e. The van der Waals surface area contributed by atoms with Gasteiger partial charge in [-0.25, -0.2) is 0 Å². The monoisotopic (exact) mass is 212 g/mol. The summed E-state index contributed by atoms with van der Waals surface area (Å²) in [5, 5.41) is 4.81. The molecular weight excluding hydrogens is 196 g/mol. The first-order valence-corrected chi connectivity index (χ1v) is 5.41. The standard InChI is InChI=1S/C10H16N2OS/c1-7-4-5-14-8(7)9(13)12-10(2,3)6-11/h4-5H,6,11H2,1-3H3,(H,12,13). The number of carbonyl (C=O) groups is 1. The van der Waals surface area contributed by atoms with Crippen molar-refractivity contribution in [1.29, 1.82) is 0 Å². The van der Waals surface area contributed by atoms with E-state index in [4.69, 9.17) is 5.73 Å². The Hall–Kier alpha value is -0.870. The van der Waals surface area contributed by atoms with Crippen LogP contribution >= 0.6 is 11.3 Å². The molecule has 1 amide bonds. The molecule has 0 spiro atoms. The number of hydrogen-bond acceptors (Lipinski definition) is 3. The van der Waals surface area contributed by atoms with E-state index >= 15 is 0 Å². The second kappa shape index (κ2) is 4.11. The first kappa shape index (κ1) is 11.2. The summed E-state index contributed by atoms with van der Waals surface area (Å²) < 4.78 is 0. The second-order valence-electron chi connectivity index (χ2n) is 3.97. The Morgan fingerprint density at radius 3 is 2.71 bits per heavy atom. The van der Waals surface area contributed by atoms with Crippen LogP contribution in [0, 0.1) is 6.92 Å². The Kier molecular flexibility index (Phi) is 3.29. The van der Waals surface area contributed by atoms with Crippen molar-refractivity contribution < 1.29 is 4.79 Å². The van der Waals surface area contributed by atoms with E-state index in [0.29, 0.717) is 6.54 Å². The molecule has 0 aliphatic rings. The van der Waals surface area contributed by atoms with Crippen molar-refractivity contribution in [3.63, 3.8) is 0 Å². The van der Waals surface area contributed by atoms with Gasteiger partial charge in [-0.15, -0.1) is 11.3 Å². The minimum atomic E-state index is -0.340. The van der Waals surface area contributed by atoms with Gasteiger partial charge in [-0.1, -0.05) is 0 Å². The van der Waals surface area contributed by atoms with Crippen LogP contribution in [0.5, 0.6) is 0 Å². The molecule has 0 aliphatic carbocycles. The van der Waals surface area contributed by atoms with Gasteiger partial charge in [0.15, 0.2) is 0 Å². The first-order valence-electron chi connectivity index (χ1n) is 4.53. The number of nitrogens with one attached hydrogen (secondary N) is 1. The van der Waals surface area contributed by atoms with E-state index in [0.717, 1.165) is 10.4 Å². The van der Waals surface area contributed by atoms with Crippen LogP contribution in [0.4, 0.5) is 0 Å². The quantitative estimate of drug-likeness (QED) is 0.798. The van der Waals surface area contributed by atoms with Crippen molar-refractivity contribution in [3.05, 3.63) is 21.9 Å². The summed E-state index contributed by atoms with van der Waals surface area (Å²) in [6.07, 6.45) is 0. The van der Waals surface area contributed by atoms with Crippen LogP contribution in [-0.2, 0) is 0 Å². The third-order valence-electron chi connectivity index (χ3n) is 2.03. The molecule has 0 bridgehead atoms. The fraction of sp³-hybridized carbons (Fsp3) is 0.500. The molecular formula is C10H16N2OS. The van der Waals surface area contributed by atoms with Gasteiger partial charge >= 0.3 is 0 Å². The van der Waals surface area contributed by atoms with Gasteiger partial charge in [-0.05, 0) is 37.8 Å². The molecule has 0 radical (unpaired) electrons. The molecule has 4 heteroatoms. The molecule has 1 aromatic heterocycles. The van der Waals surface area contributed by atoms with Crippen molar-refractivity contribution in [1.82, 2.24) is 5.32 Å². The summed E-state index contributed by atoms with van der Waals surface area (Å²) in [5.41, 5.74) is 6.21. The highest BCUT2D eigenvalue weighted by Crippen LogP contribution is 2.16. The van der Waals surface area contributed by atoms with Gasteiger partial charge in [0.05, 0.1) is 4.88 Å². The Bertz CT molecular complexity index is 331. The normalized spacial score (nSPS) is 11.4. The maximum atomic E-state index is 11.7. The number of aryl methyl sites for hydroxylation is 1. The van der Waals surface area contributed by atoms with Crippen LogP contribution in [0.25, 0.3) is 0 Å². The number of thiophene rings is 1. The van der Waals surface area contributed by atoms with Crippen LogP contribution < -0.4 is 11.1 Å². The van der Waals surface area contributed by atoms with Crippen molar-refractivity contribution in [3.8, 4) is 0 Å². The molecule has 0 aromatic carbocycles. The zero-order valence-electron chi connectivity index (χ0n) is 8.76. The third-order valence-corrected chi connectivity index (χ3v) is 3.05. The maximum Gasteiger partial charge on any atom is 0.262 e. The summed E-state index contributed by atoms with van der Waals surface area (Å²) in [4.78, 5) is 12.5. The van der Waals surface area contributed by atoms with Crippen molar-refractivity contribution in [2.45, 2.75) is 26.3 Å². The lowest BCUT2D eigenvalue weighted by Crippen LogP contribution is -2.48. The van der Waals surface area contributed by atoms with Crippen LogP contribution in [0.3, 0.4) is 0 Å². The molecule has 3 N–H and O–H groups in total. The zero-order valence-corrected chi connectivity index (χ0v) is 9.57. The van der Waals surface area contributed by atoms with Gasteiger partial charge in [-0.3, -0.25) is 4.79 Å². The predicted molar refractivity (Wildman–Crippen MR) is 59.7 cm³/mol. The van der Waals surface area contributed by atoms with Crippen LogP contribution in [0.2, 0.25) is 0 Å². The predicted octanol–water partition coefficient (Wildman–Crippen LogP) is 1.52. The minimum Gasteiger partial charge on any atom is -0.345 e. The average molecular weight is 212 g/mol. The highest BCUT2D eigenvalue weighted by atomic mass is 32.1. The lowest BCUT2D eigenvalue weighted by molar-refractivity contribution is 0.0919. The molecule has 1 heterocycles. The minimum absolute atomic E-state index is 0.0343. The van der Waals surface area contributed by atoms with Gasteiger partial charge in [0.25, 0.3) is 5.91 Å². The van der Waals surface area contributed by atoms with Gasteiger partial charge in [0, 0.05) is 12.1 Å². The van der Waals surface area contributed by atoms with Gasteiger partial charge in [-0.2, -0.15) is 0 Å². The van der Waals surface area contributed by atoms with E-state index in [1.807, 2.05) is 32.2 Å².